The Morgan fingerprint density at radius 3 is 2.33 bits per heavy atom. The predicted octanol–water partition coefficient (Wildman–Crippen LogP) is 5.19. The van der Waals surface area contributed by atoms with Gasteiger partial charge in [0.25, 0.3) is 5.91 Å². The second kappa shape index (κ2) is 8.56. The van der Waals surface area contributed by atoms with Gasteiger partial charge in [-0.15, -0.1) is 0 Å². The number of likely N-dealkylation sites (tertiary alicyclic amines) is 2. The molecule has 0 radical (unpaired) electrons. The maximum absolute atomic E-state index is 12.8. The summed E-state index contributed by atoms with van der Waals surface area (Å²) in [4.78, 5) is 29.1. The lowest BCUT2D eigenvalue weighted by Crippen LogP contribution is -2.62. The van der Waals surface area contributed by atoms with Gasteiger partial charge in [-0.05, 0) is 67.3 Å². The Labute approximate surface area is 190 Å². The van der Waals surface area contributed by atoms with E-state index >= 15 is 0 Å². The van der Waals surface area contributed by atoms with Crippen molar-refractivity contribution in [2.24, 2.45) is 5.41 Å². The average molecular weight is 488 g/mol. The van der Waals surface area contributed by atoms with Gasteiger partial charge >= 0.3 is 0 Å². The number of aryl methyl sites for hydroxylation is 1. The topological polar surface area (TPSA) is 40.6 Å². The molecule has 0 aliphatic carbocycles. The van der Waals surface area contributed by atoms with Gasteiger partial charge in [0.15, 0.2) is 0 Å². The van der Waals surface area contributed by atoms with E-state index in [4.69, 9.17) is 11.6 Å². The summed E-state index contributed by atoms with van der Waals surface area (Å²) >= 11 is 9.52. The molecule has 2 aromatic rings. The van der Waals surface area contributed by atoms with E-state index < -0.39 is 0 Å². The number of nitrogens with zero attached hydrogens (tertiary/aromatic N) is 2. The first-order chi connectivity index (χ1) is 14.3. The fourth-order valence-corrected chi connectivity index (χ4v) is 4.87. The maximum atomic E-state index is 12.8. The molecule has 2 heterocycles. The molecule has 4 rings (SSSR count). The van der Waals surface area contributed by atoms with Crippen molar-refractivity contribution in [3.8, 4) is 0 Å². The quantitative estimate of drug-likeness (QED) is 0.559. The molecule has 30 heavy (non-hydrogen) atoms. The van der Waals surface area contributed by atoms with Gasteiger partial charge in [0.2, 0.25) is 5.91 Å². The predicted molar refractivity (Wildman–Crippen MR) is 124 cm³/mol. The van der Waals surface area contributed by atoms with Gasteiger partial charge in [0.05, 0.1) is 0 Å². The Bertz CT molecular complexity index is 967. The number of hydrogen-bond acceptors (Lipinski definition) is 2. The van der Waals surface area contributed by atoms with Crippen LogP contribution in [-0.4, -0.2) is 47.8 Å². The van der Waals surface area contributed by atoms with Crippen LogP contribution in [0.1, 0.15) is 34.3 Å². The molecule has 2 aromatic carbocycles. The van der Waals surface area contributed by atoms with Gasteiger partial charge in [-0.25, -0.2) is 0 Å². The van der Waals surface area contributed by atoms with Gasteiger partial charge in [-0.2, -0.15) is 0 Å². The van der Waals surface area contributed by atoms with Crippen molar-refractivity contribution in [1.29, 1.82) is 0 Å². The summed E-state index contributed by atoms with van der Waals surface area (Å²) in [5.41, 5.74) is 2.80. The van der Waals surface area contributed by atoms with Gasteiger partial charge in [-0.3, -0.25) is 9.59 Å². The summed E-state index contributed by atoms with van der Waals surface area (Å²) in [5.74, 6) is 0.0941. The Morgan fingerprint density at radius 1 is 1.03 bits per heavy atom. The van der Waals surface area contributed by atoms with E-state index in [1.165, 1.54) is 0 Å². The van der Waals surface area contributed by atoms with Crippen molar-refractivity contribution in [3.05, 3.63) is 74.7 Å². The minimum atomic E-state index is 0.0437. The number of carbonyl (C=O) groups is 2. The average Bonchev–Trinajstić information content (AvgIpc) is 2.70. The van der Waals surface area contributed by atoms with Crippen LogP contribution in [0.2, 0.25) is 5.02 Å². The molecule has 1 spiro atoms. The van der Waals surface area contributed by atoms with E-state index in [1.807, 2.05) is 59.2 Å². The molecule has 2 aliphatic heterocycles. The van der Waals surface area contributed by atoms with E-state index in [9.17, 15) is 9.59 Å². The fourth-order valence-electron chi connectivity index (χ4n) is 4.31. The first-order valence-corrected chi connectivity index (χ1v) is 11.3. The molecule has 2 aliphatic rings. The smallest absolute Gasteiger partial charge is 0.253 e. The summed E-state index contributed by atoms with van der Waals surface area (Å²) in [6.45, 7) is 4.93. The minimum Gasteiger partial charge on any atom is -0.339 e. The number of rotatable bonds is 3. The number of piperidine rings is 1. The molecule has 0 unspecified atom stereocenters. The van der Waals surface area contributed by atoms with E-state index in [2.05, 4.69) is 15.9 Å². The molecule has 0 atom stereocenters. The molecule has 156 valence electrons. The second-order valence-corrected chi connectivity index (χ2v) is 9.74. The zero-order valence-corrected chi connectivity index (χ0v) is 19.2. The Morgan fingerprint density at radius 2 is 1.70 bits per heavy atom. The zero-order chi connectivity index (χ0) is 21.3. The van der Waals surface area contributed by atoms with E-state index in [-0.39, 0.29) is 17.2 Å². The highest BCUT2D eigenvalue weighted by atomic mass is 79.9. The summed E-state index contributed by atoms with van der Waals surface area (Å²) < 4.78 is 1.02. The molecule has 6 heteroatoms. The summed E-state index contributed by atoms with van der Waals surface area (Å²) in [6, 6.07) is 13.3. The SMILES string of the molecule is Cc1cc(Cl)cc(C(=O)N2CC3(CCN(C(=O)/C=C/c4ccc(Br)cc4)CC3)C2)c1. The standard InChI is InChI=1S/C24H24BrClN2O2/c1-17-12-19(14-21(26)13-17)23(30)28-15-24(16-28)8-10-27(11-9-24)22(29)7-4-18-2-5-20(25)6-3-18/h2-7,12-14H,8-11,15-16H2,1H3/b7-4+. The fraction of sp³-hybridized carbons (Fsp3) is 0.333. The van der Waals surface area contributed by atoms with Crippen LogP contribution in [-0.2, 0) is 4.79 Å². The van der Waals surface area contributed by atoms with Crippen molar-refractivity contribution in [2.75, 3.05) is 26.2 Å². The molecule has 0 N–H and O–H groups in total. The van der Waals surface area contributed by atoms with Gasteiger partial charge in [0.1, 0.15) is 0 Å². The van der Waals surface area contributed by atoms with Crippen LogP contribution < -0.4 is 0 Å². The third kappa shape index (κ3) is 4.62. The van der Waals surface area contributed by atoms with Crippen molar-refractivity contribution in [2.45, 2.75) is 19.8 Å². The van der Waals surface area contributed by atoms with Gasteiger partial charge in [-0.1, -0.05) is 39.7 Å². The Hall–Kier alpha value is -2.11. The number of carbonyl (C=O) groups excluding carboxylic acids is 2. The van der Waals surface area contributed by atoms with Crippen molar-refractivity contribution in [3.63, 3.8) is 0 Å². The molecule has 2 fully saturated rings. The molecule has 4 nitrogen and oxygen atoms in total. The molecule has 0 bridgehead atoms. The largest absolute Gasteiger partial charge is 0.339 e. The monoisotopic (exact) mass is 486 g/mol. The highest BCUT2D eigenvalue weighted by molar-refractivity contribution is 9.10. The van der Waals surface area contributed by atoms with Gasteiger partial charge in [0, 0.05) is 52.7 Å². The molecule has 0 saturated carbocycles. The van der Waals surface area contributed by atoms with Crippen molar-refractivity contribution >= 4 is 45.4 Å². The van der Waals surface area contributed by atoms with E-state index in [0.29, 0.717) is 10.6 Å². The molecule has 2 saturated heterocycles. The third-order valence-corrected chi connectivity index (χ3v) is 6.80. The van der Waals surface area contributed by atoms with Crippen LogP contribution in [0.25, 0.3) is 6.08 Å². The lowest BCUT2D eigenvalue weighted by atomic mass is 9.71. The summed E-state index contributed by atoms with van der Waals surface area (Å²) in [6.07, 6.45) is 5.38. The summed E-state index contributed by atoms with van der Waals surface area (Å²) in [7, 11) is 0. The highest BCUT2D eigenvalue weighted by Gasteiger charge is 2.47. The normalized spacial score (nSPS) is 18.0. The van der Waals surface area contributed by atoms with Crippen LogP contribution in [0.3, 0.4) is 0 Å². The van der Waals surface area contributed by atoms with Crippen molar-refractivity contribution in [1.82, 2.24) is 9.80 Å². The molecule has 2 amide bonds. The summed E-state index contributed by atoms with van der Waals surface area (Å²) in [5, 5.41) is 0.594. The highest BCUT2D eigenvalue weighted by Crippen LogP contribution is 2.41. The van der Waals surface area contributed by atoms with E-state index in [1.54, 1.807) is 12.1 Å². The zero-order valence-electron chi connectivity index (χ0n) is 16.9. The number of halogens is 2. The number of hydrogen-bond donors (Lipinski definition) is 0. The van der Waals surface area contributed by atoms with Crippen molar-refractivity contribution < 1.29 is 9.59 Å². The lowest BCUT2D eigenvalue weighted by molar-refractivity contribution is -0.130. The Balaban J connectivity index is 1.29. The Kier molecular flexibility index (Phi) is 6.03. The molecular weight excluding hydrogens is 464 g/mol. The van der Waals surface area contributed by atoms with Crippen LogP contribution >= 0.6 is 27.5 Å². The van der Waals surface area contributed by atoms with Crippen LogP contribution in [0.15, 0.2) is 53.0 Å². The van der Waals surface area contributed by atoms with Crippen LogP contribution in [0.4, 0.5) is 0 Å². The maximum Gasteiger partial charge on any atom is 0.253 e. The first-order valence-electron chi connectivity index (χ1n) is 10.1. The van der Waals surface area contributed by atoms with Gasteiger partial charge < -0.3 is 9.80 Å². The molecule has 0 aromatic heterocycles. The minimum absolute atomic E-state index is 0.0437. The van der Waals surface area contributed by atoms with Crippen LogP contribution in [0, 0.1) is 12.3 Å². The first kappa shape index (κ1) is 21.1. The number of benzene rings is 2. The molecular formula is C24H24BrClN2O2. The van der Waals surface area contributed by atoms with E-state index in [0.717, 1.165) is 54.6 Å². The third-order valence-electron chi connectivity index (χ3n) is 6.05. The second-order valence-electron chi connectivity index (χ2n) is 8.39. The number of amides is 2. The van der Waals surface area contributed by atoms with Crippen LogP contribution in [0.5, 0.6) is 0 Å². The lowest BCUT2D eigenvalue weighted by Gasteiger charge is -2.54.